The molecule has 6 nitrogen and oxygen atoms in total. The second-order valence-electron chi connectivity index (χ2n) is 4.32. The lowest BCUT2D eigenvalue weighted by Crippen LogP contribution is -2.33. The zero-order chi connectivity index (χ0) is 14.6. The van der Waals surface area contributed by atoms with Crippen molar-refractivity contribution < 1.29 is 18.3 Å². The lowest BCUT2D eigenvalue weighted by molar-refractivity contribution is 0.0698. The molecule has 3 N–H and O–H groups in total. The van der Waals surface area contributed by atoms with E-state index in [1.165, 1.54) is 12.1 Å². The van der Waals surface area contributed by atoms with Crippen molar-refractivity contribution in [2.45, 2.75) is 13.8 Å². The van der Waals surface area contributed by atoms with Gasteiger partial charge in [0.1, 0.15) is 0 Å². The van der Waals surface area contributed by atoms with Crippen LogP contribution < -0.4 is 9.44 Å². The van der Waals surface area contributed by atoms with Gasteiger partial charge in [-0.05, 0) is 34.0 Å². The summed E-state index contributed by atoms with van der Waals surface area (Å²) in [6, 6.07) is 4.41. The molecule has 1 rings (SSSR count). The first-order chi connectivity index (χ1) is 8.73. The number of halogens is 1. The van der Waals surface area contributed by atoms with Crippen molar-refractivity contribution in [3.8, 4) is 0 Å². The van der Waals surface area contributed by atoms with E-state index >= 15 is 0 Å². The van der Waals surface area contributed by atoms with Gasteiger partial charge in [0.05, 0.1) is 11.3 Å². The fourth-order valence-corrected chi connectivity index (χ4v) is 2.96. The lowest BCUT2D eigenvalue weighted by Gasteiger charge is -2.13. The second kappa shape index (κ2) is 6.36. The van der Waals surface area contributed by atoms with Crippen molar-refractivity contribution in [1.82, 2.24) is 4.72 Å². The van der Waals surface area contributed by atoms with E-state index in [1.807, 2.05) is 13.8 Å². The summed E-state index contributed by atoms with van der Waals surface area (Å²) in [5, 5.41) is 9.03. The number of para-hydroxylation sites is 1. The van der Waals surface area contributed by atoms with Crippen LogP contribution in [-0.2, 0) is 10.2 Å². The molecule has 0 heterocycles. The van der Waals surface area contributed by atoms with E-state index in [-0.39, 0.29) is 23.7 Å². The number of carboxylic acid groups (broad SMARTS) is 1. The van der Waals surface area contributed by atoms with Crippen molar-refractivity contribution >= 4 is 37.8 Å². The van der Waals surface area contributed by atoms with Crippen molar-refractivity contribution in [3.63, 3.8) is 0 Å². The van der Waals surface area contributed by atoms with E-state index in [9.17, 15) is 13.2 Å². The van der Waals surface area contributed by atoms with E-state index in [0.717, 1.165) is 0 Å². The molecule has 19 heavy (non-hydrogen) atoms. The van der Waals surface area contributed by atoms with Crippen LogP contribution in [0.15, 0.2) is 22.7 Å². The SMILES string of the molecule is CC(C)CNS(=O)(=O)Nc1c(Br)cccc1C(=O)O. The lowest BCUT2D eigenvalue weighted by atomic mass is 10.2. The topological polar surface area (TPSA) is 95.5 Å². The molecule has 0 atom stereocenters. The molecule has 0 aliphatic carbocycles. The van der Waals surface area contributed by atoms with E-state index in [2.05, 4.69) is 25.4 Å². The molecule has 0 aliphatic rings. The molecule has 0 saturated heterocycles. The summed E-state index contributed by atoms with van der Waals surface area (Å²) in [6.45, 7) is 4.00. The quantitative estimate of drug-likeness (QED) is 0.731. The average molecular weight is 351 g/mol. The van der Waals surface area contributed by atoms with Gasteiger partial charge in [0.15, 0.2) is 0 Å². The Balaban J connectivity index is 3.02. The Morgan fingerprint density at radius 1 is 1.42 bits per heavy atom. The van der Waals surface area contributed by atoms with E-state index in [1.54, 1.807) is 6.07 Å². The Labute approximate surface area is 120 Å². The van der Waals surface area contributed by atoms with Crippen molar-refractivity contribution in [2.75, 3.05) is 11.3 Å². The van der Waals surface area contributed by atoms with Gasteiger partial charge in [-0.15, -0.1) is 0 Å². The highest BCUT2D eigenvalue weighted by Crippen LogP contribution is 2.27. The molecule has 1 aromatic rings. The molecule has 0 spiro atoms. The third kappa shape index (κ3) is 4.81. The molecular weight excluding hydrogens is 336 g/mol. The zero-order valence-electron chi connectivity index (χ0n) is 10.5. The summed E-state index contributed by atoms with van der Waals surface area (Å²) < 4.78 is 28.5. The van der Waals surface area contributed by atoms with Crippen LogP contribution in [0.25, 0.3) is 0 Å². The summed E-state index contributed by atoms with van der Waals surface area (Å²) in [7, 11) is -3.80. The first-order valence-corrected chi connectivity index (χ1v) is 7.79. The Morgan fingerprint density at radius 3 is 2.58 bits per heavy atom. The first-order valence-electron chi connectivity index (χ1n) is 5.52. The second-order valence-corrected chi connectivity index (χ2v) is 6.67. The molecule has 1 aromatic carbocycles. The summed E-state index contributed by atoms with van der Waals surface area (Å²) in [4.78, 5) is 11.0. The number of hydrogen-bond donors (Lipinski definition) is 3. The van der Waals surface area contributed by atoms with Crippen LogP contribution in [0, 0.1) is 5.92 Å². The van der Waals surface area contributed by atoms with Crippen LogP contribution in [-0.4, -0.2) is 26.0 Å². The highest BCUT2D eigenvalue weighted by Gasteiger charge is 2.18. The number of benzene rings is 1. The standard InChI is InChI=1S/C11H15BrN2O4S/c1-7(2)6-13-19(17,18)14-10-8(11(15)16)4-3-5-9(10)12/h3-5,7,13-14H,6H2,1-2H3,(H,15,16). The maximum Gasteiger partial charge on any atom is 0.337 e. The van der Waals surface area contributed by atoms with Gasteiger partial charge in [0, 0.05) is 11.0 Å². The van der Waals surface area contributed by atoms with Crippen LogP contribution >= 0.6 is 15.9 Å². The van der Waals surface area contributed by atoms with Gasteiger partial charge in [-0.25, -0.2) is 4.79 Å². The van der Waals surface area contributed by atoms with Crippen LogP contribution in [0.5, 0.6) is 0 Å². The van der Waals surface area contributed by atoms with Gasteiger partial charge in [0.2, 0.25) is 0 Å². The molecule has 0 saturated carbocycles. The predicted octanol–water partition coefficient (Wildman–Crippen LogP) is 2.05. The fraction of sp³-hybridized carbons (Fsp3) is 0.364. The van der Waals surface area contributed by atoms with Crippen molar-refractivity contribution in [3.05, 3.63) is 28.2 Å². The molecule has 0 amide bonds. The minimum Gasteiger partial charge on any atom is -0.478 e. The highest BCUT2D eigenvalue weighted by atomic mass is 79.9. The largest absolute Gasteiger partial charge is 0.478 e. The van der Waals surface area contributed by atoms with Crippen molar-refractivity contribution in [2.24, 2.45) is 5.92 Å². The Kier molecular flexibility index (Phi) is 5.33. The number of nitrogens with one attached hydrogen (secondary N) is 2. The molecular formula is C11H15BrN2O4S. The molecule has 0 radical (unpaired) electrons. The molecule has 0 unspecified atom stereocenters. The molecule has 0 bridgehead atoms. The normalized spacial score (nSPS) is 11.6. The fourth-order valence-electron chi connectivity index (χ4n) is 1.25. The number of hydrogen-bond acceptors (Lipinski definition) is 3. The minimum atomic E-state index is -3.80. The monoisotopic (exact) mass is 350 g/mol. The van der Waals surface area contributed by atoms with Crippen LogP contribution in [0.4, 0.5) is 5.69 Å². The number of aromatic carboxylic acids is 1. The molecule has 0 aliphatic heterocycles. The van der Waals surface area contributed by atoms with Gasteiger partial charge in [0.25, 0.3) is 10.2 Å². The van der Waals surface area contributed by atoms with E-state index in [4.69, 9.17) is 5.11 Å². The zero-order valence-corrected chi connectivity index (χ0v) is 12.9. The summed E-state index contributed by atoms with van der Waals surface area (Å²) >= 11 is 3.13. The number of carboxylic acids is 1. The molecule has 0 aromatic heterocycles. The first kappa shape index (κ1) is 15.9. The average Bonchev–Trinajstić information content (AvgIpc) is 2.29. The number of carbonyl (C=O) groups is 1. The van der Waals surface area contributed by atoms with Crippen LogP contribution in [0.2, 0.25) is 0 Å². The Hall–Kier alpha value is -1.12. The van der Waals surface area contributed by atoms with Gasteiger partial charge in [-0.3, -0.25) is 4.72 Å². The maximum atomic E-state index is 11.8. The van der Waals surface area contributed by atoms with Gasteiger partial charge < -0.3 is 5.11 Å². The van der Waals surface area contributed by atoms with Gasteiger partial charge in [-0.2, -0.15) is 13.1 Å². The summed E-state index contributed by atoms with van der Waals surface area (Å²) in [6.07, 6.45) is 0. The number of rotatable bonds is 6. The summed E-state index contributed by atoms with van der Waals surface area (Å²) in [5.41, 5.74) is -0.115. The molecule has 106 valence electrons. The van der Waals surface area contributed by atoms with Crippen LogP contribution in [0.1, 0.15) is 24.2 Å². The Morgan fingerprint density at radius 2 is 2.05 bits per heavy atom. The van der Waals surface area contributed by atoms with Crippen LogP contribution in [0.3, 0.4) is 0 Å². The molecule has 8 heteroatoms. The van der Waals surface area contributed by atoms with Crippen molar-refractivity contribution in [1.29, 1.82) is 0 Å². The third-order valence-corrected chi connectivity index (χ3v) is 3.84. The smallest absolute Gasteiger partial charge is 0.337 e. The Bertz CT molecular complexity index is 572. The van der Waals surface area contributed by atoms with E-state index in [0.29, 0.717) is 4.47 Å². The third-order valence-electron chi connectivity index (χ3n) is 2.16. The van der Waals surface area contributed by atoms with Gasteiger partial charge >= 0.3 is 5.97 Å². The number of anilines is 1. The van der Waals surface area contributed by atoms with E-state index < -0.39 is 16.2 Å². The maximum absolute atomic E-state index is 11.8. The highest BCUT2D eigenvalue weighted by molar-refractivity contribution is 9.10. The molecule has 0 fully saturated rings. The van der Waals surface area contributed by atoms with Gasteiger partial charge in [-0.1, -0.05) is 19.9 Å². The predicted molar refractivity (Wildman–Crippen MR) is 76.5 cm³/mol. The minimum absolute atomic E-state index is 0.00579. The summed E-state index contributed by atoms with van der Waals surface area (Å²) in [5.74, 6) is -1.06.